The third-order valence-corrected chi connectivity index (χ3v) is 5.48. The Labute approximate surface area is 178 Å². The first kappa shape index (κ1) is 21.6. The summed E-state index contributed by atoms with van der Waals surface area (Å²) in [6.07, 6.45) is 0. The zero-order valence-corrected chi connectivity index (χ0v) is 17.8. The summed E-state index contributed by atoms with van der Waals surface area (Å²) in [7, 11) is 0. The number of amides is 1. The maximum atomic E-state index is 13.7. The summed E-state index contributed by atoms with van der Waals surface area (Å²) in [4.78, 5) is 12.5. The number of anilines is 1. The molecule has 0 bridgehead atoms. The van der Waals surface area contributed by atoms with Crippen molar-refractivity contribution in [2.24, 2.45) is 0 Å². The van der Waals surface area contributed by atoms with Crippen LogP contribution in [0.15, 0.2) is 53.7 Å². The summed E-state index contributed by atoms with van der Waals surface area (Å²) >= 11 is 1.17. The van der Waals surface area contributed by atoms with Crippen molar-refractivity contribution in [1.82, 2.24) is 14.9 Å². The second kappa shape index (κ2) is 9.62. The van der Waals surface area contributed by atoms with Gasteiger partial charge in [0.1, 0.15) is 6.61 Å². The Morgan fingerprint density at radius 2 is 1.87 bits per heavy atom. The van der Waals surface area contributed by atoms with E-state index in [0.717, 1.165) is 5.69 Å². The lowest BCUT2D eigenvalue weighted by molar-refractivity contribution is -0.115. The number of nitrogens with zero attached hydrogens (tertiary/aromatic N) is 3. The van der Waals surface area contributed by atoms with Gasteiger partial charge in [-0.15, -0.1) is 10.2 Å². The largest absolute Gasteiger partial charge is 0.482 e. The summed E-state index contributed by atoms with van der Waals surface area (Å²) in [6, 6.07) is 13.8. The predicted octanol–water partition coefficient (Wildman–Crippen LogP) is 3.95. The average molecular weight is 430 g/mol. The molecule has 3 N–H and O–H groups in total. The number of hydrogen-bond donors (Lipinski definition) is 2. The van der Waals surface area contributed by atoms with Crippen LogP contribution in [-0.4, -0.2) is 26.0 Å². The average Bonchev–Trinajstić information content (AvgIpc) is 3.07. The van der Waals surface area contributed by atoms with Crippen molar-refractivity contribution in [3.63, 3.8) is 0 Å². The lowest BCUT2D eigenvalue weighted by atomic mass is 10.0. The summed E-state index contributed by atoms with van der Waals surface area (Å²) in [5.41, 5.74) is 1.93. The zero-order valence-electron chi connectivity index (χ0n) is 17.0. The molecule has 1 heterocycles. The minimum atomic E-state index is -0.470. The highest BCUT2D eigenvalue weighted by atomic mass is 32.2. The number of nitrogens with two attached hydrogens (primary N) is 1. The van der Waals surface area contributed by atoms with E-state index in [2.05, 4.69) is 29.4 Å². The summed E-state index contributed by atoms with van der Waals surface area (Å²) in [5, 5.41) is 10.8. The fraction of sp³-hybridized carbons (Fsp3) is 0.286. The summed E-state index contributed by atoms with van der Waals surface area (Å²) < 4.78 is 20.3. The van der Waals surface area contributed by atoms with Crippen LogP contribution in [0.5, 0.6) is 5.75 Å². The third kappa shape index (κ3) is 5.29. The van der Waals surface area contributed by atoms with Crippen LogP contribution >= 0.6 is 11.8 Å². The van der Waals surface area contributed by atoms with Crippen molar-refractivity contribution < 1.29 is 13.9 Å². The van der Waals surface area contributed by atoms with Crippen molar-refractivity contribution in [2.45, 2.75) is 43.7 Å². The molecule has 1 aromatic heterocycles. The minimum absolute atomic E-state index is 0.0478. The lowest BCUT2D eigenvalue weighted by Gasteiger charge is -2.12. The Hall–Kier alpha value is -3.07. The van der Waals surface area contributed by atoms with Crippen LogP contribution < -0.4 is 15.9 Å². The normalized spacial score (nSPS) is 12.0. The SMILES string of the molecule is CC(Sc1nnc(COc2ccccc2F)n1N)C(=O)Nc1ccc(C(C)C)cc1. The Morgan fingerprint density at radius 1 is 1.17 bits per heavy atom. The first-order chi connectivity index (χ1) is 14.3. The van der Waals surface area contributed by atoms with Crippen LogP contribution in [0.25, 0.3) is 0 Å². The molecule has 1 atom stereocenters. The van der Waals surface area contributed by atoms with Crippen LogP contribution in [0, 0.1) is 5.82 Å². The van der Waals surface area contributed by atoms with Crippen molar-refractivity contribution >= 4 is 23.4 Å². The standard InChI is InChI=1S/C21H24FN5O2S/c1-13(2)15-8-10-16(11-9-15)24-20(28)14(3)30-21-26-25-19(27(21)23)12-29-18-7-5-4-6-17(18)22/h4-11,13-14H,12,23H2,1-3H3,(H,24,28). The molecule has 3 aromatic rings. The number of nitrogen functional groups attached to an aromatic ring is 1. The number of para-hydroxylation sites is 1. The summed E-state index contributed by atoms with van der Waals surface area (Å²) in [6.45, 7) is 5.94. The first-order valence-corrected chi connectivity index (χ1v) is 10.4. The van der Waals surface area contributed by atoms with Crippen LogP contribution in [0.4, 0.5) is 10.1 Å². The zero-order chi connectivity index (χ0) is 21.7. The Morgan fingerprint density at radius 3 is 2.53 bits per heavy atom. The smallest absolute Gasteiger partial charge is 0.237 e. The molecule has 7 nitrogen and oxygen atoms in total. The number of ether oxygens (including phenoxy) is 1. The van der Waals surface area contributed by atoms with E-state index < -0.39 is 11.1 Å². The molecule has 9 heteroatoms. The van der Waals surface area contributed by atoms with Crippen molar-refractivity contribution in [3.8, 4) is 5.75 Å². The predicted molar refractivity (Wildman–Crippen MR) is 115 cm³/mol. The molecule has 3 rings (SSSR count). The molecule has 0 fully saturated rings. The topological polar surface area (TPSA) is 95.1 Å². The molecule has 0 radical (unpaired) electrons. The van der Waals surface area contributed by atoms with Crippen LogP contribution in [0.3, 0.4) is 0 Å². The maximum absolute atomic E-state index is 13.7. The van der Waals surface area contributed by atoms with Gasteiger partial charge >= 0.3 is 0 Å². The molecule has 0 aliphatic heterocycles. The van der Waals surface area contributed by atoms with E-state index in [0.29, 0.717) is 16.9 Å². The van der Waals surface area contributed by atoms with Gasteiger partial charge in [0, 0.05) is 5.69 Å². The lowest BCUT2D eigenvalue weighted by Crippen LogP contribution is -2.24. The highest BCUT2D eigenvalue weighted by molar-refractivity contribution is 8.00. The molecular formula is C21H24FN5O2S. The van der Waals surface area contributed by atoms with Gasteiger partial charge < -0.3 is 15.9 Å². The van der Waals surface area contributed by atoms with Gasteiger partial charge in [-0.1, -0.05) is 49.9 Å². The van der Waals surface area contributed by atoms with Crippen molar-refractivity contribution in [3.05, 3.63) is 65.7 Å². The van der Waals surface area contributed by atoms with Gasteiger partial charge in [-0.25, -0.2) is 9.07 Å². The van der Waals surface area contributed by atoms with Gasteiger partial charge in [0.25, 0.3) is 0 Å². The fourth-order valence-electron chi connectivity index (χ4n) is 2.60. The number of halogens is 1. The minimum Gasteiger partial charge on any atom is -0.482 e. The Kier molecular flexibility index (Phi) is 6.94. The maximum Gasteiger partial charge on any atom is 0.237 e. The first-order valence-electron chi connectivity index (χ1n) is 9.49. The van der Waals surface area contributed by atoms with Gasteiger partial charge in [0.05, 0.1) is 5.25 Å². The molecule has 0 aliphatic rings. The highest BCUT2D eigenvalue weighted by Crippen LogP contribution is 2.24. The molecular weight excluding hydrogens is 405 g/mol. The number of rotatable bonds is 8. The molecule has 0 saturated heterocycles. The van der Waals surface area contributed by atoms with Crippen LogP contribution in [-0.2, 0) is 11.4 Å². The molecule has 1 unspecified atom stereocenters. The molecule has 30 heavy (non-hydrogen) atoms. The van der Waals surface area contributed by atoms with Gasteiger partial charge in [-0.05, 0) is 42.7 Å². The molecule has 2 aromatic carbocycles. The van der Waals surface area contributed by atoms with Crippen molar-refractivity contribution in [1.29, 1.82) is 0 Å². The van der Waals surface area contributed by atoms with Crippen LogP contribution in [0.2, 0.25) is 0 Å². The molecule has 1 amide bonds. The Bertz CT molecular complexity index is 1010. The van der Waals surface area contributed by atoms with Gasteiger partial charge in [-0.2, -0.15) is 0 Å². The second-order valence-corrected chi connectivity index (χ2v) is 8.32. The number of carbonyl (C=O) groups excluding carboxylic acids is 1. The van der Waals surface area contributed by atoms with E-state index in [1.165, 1.54) is 34.1 Å². The number of carbonyl (C=O) groups is 1. The van der Waals surface area contributed by atoms with Crippen molar-refractivity contribution in [2.75, 3.05) is 11.2 Å². The molecule has 0 saturated carbocycles. The van der Waals surface area contributed by atoms with E-state index in [4.69, 9.17) is 10.6 Å². The number of aromatic nitrogens is 3. The van der Waals surface area contributed by atoms with Gasteiger partial charge in [0.15, 0.2) is 17.4 Å². The Balaban J connectivity index is 1.57. The van der Waals surface area contributed by atoms with E-state index in [1.807, 2.05) is 24.3 Å². The van der Waals surface area contributed by atoms with Gasteiger partial charge in [0.2, 0.25) is 11.1 Å². The third-order valence-electron chi connectivity index (χ3n) is 4.42. The number of nitrogens with one attached hydrogen (secondary N) is 1. The van der Waals surface area contributed by atoms with Gasteiger partial charge in [-0.3, -0.25) is 4.79 Å². The molecule has 158 valence electrons. The summed E-state index contributed by atoms with van der Waals surface area (Å²) in [5.74, 6) is 6.22. The number of hydrogen-bond acceptors (Lipinski definition) is 6. The monoisotopic (exact) mass is 429 g/mol. The molecule has 0 spiro atoms. The van der Waals surface area contributed by atoms with E-state index >= 15 is 0 Å². The van der Waals surface area contributed by atoms with E-state index in [1.54, 1.807) is 19.1 Å². The highest BCUT2D eigenvalue weighted by Gasteiger charge is 2.20. The van der Waals surface area contributed by atoms with Crippen LogP contribution in [0.1, 0.15) is 38.1 Å². The van der Waals surface area contributed by atoms with E-state index in [9.17, 15) is 9.18 Å². The fourth-order valence-corrected chi connectivity index (χ4v) is 3.39. The number of thioether (sulfide) groups is 1. The quantitative estimate of drug-likeness (QED) is 0.416. The second-order valence-electron chi connectivity index (χ2n) is 7.01. The number of benzene rings is 2. The van der Waals surface area contributed by atoms with E-state index in [-0.39, 0.29) is 18.3 Å². The molecule has 0 aliphatic carbocycles.